The molecule has 0 spiro atoms. The van der Waals surface area contributed by atoms with Crippen LogP contribution in [0.4, 0.5) is 18.4 Å². The van der Waals surface area contributed by atoms with Crippen LogP contribution in [0.3, 0.4) is 0 Å². The molecule has 0 radical (unpaired) electrons. The molecule has 2 amide bonds. The number of ether oxygens (including phenoxy) is 1. The highest BCUT2D eigenvalue weighted by Gasteiger charge is 2.45. The number of likely N-dealkylation sites (tertiary alicyclic amines) is 1. The van der Waals surface area contributed by atoms with Gasteiger partial charge in [-0.2, -0.15) is 0 Å². The number of alkyl halides is 2. The molecular formula is C13H16F2N4O3. The van der Waals surface area contributed by atoms with Gasteiger partial charge in [-0.1, -0.05) is 0 Å². The third-order valence-electron chi connectivity index (χ3n) is 3.83. The minimum Gasteiger partial charge on any atom is -0.449 e. The first kappa shape index (κ1) is 14.7. The summed E-state index contributed by atoms with van der Waals surface area (Å²) >= 11 is 0. The molecule has 0 aliphatic carbocycles. The molecule has 7 nitrogen and oxygen atoms in total. The Morgan fingerprint density at radius 3 is 2.95 bits per heavy atom. The molecule has 2 saturated heterocycles. The van der Waals surface area contributed by atoms with E-state index in [2.05, 4.69) is 4.98 Å². The molecule has 3 heterocycles. The summed E-state index contributed by atoms with van der Waals surface area (Å²) in [5.41, 5.74) is 0. The van der Waals surface area contributed by atoms with Crippen LogP contribution in [-0.2, 0) is 4.74 Å². The van der Waals surface area contributed by atoms with Crippen molar-refractivity contribution in [1.82, 2.24) is 19.4 Å². The Kier molecular flexibility index (Phi) is 3.71. The molecular weight excluding hydrogens is 298 g/mol. The molecule has 1 aromatic rings. The largest absolute Gasteiger partial charge is 0.449 e. The molecule has 2 fully saturated rings. The fraction of sp³-hybridized carbons (Fsp3) is 0.615. The fourth-order valence-electron chi connectivity index (χ4n) is 2.86. The average molecular weight is 314 g/mol. The lowest BCUT2D eigenvalue weighted by Gasteiger charge is -2.42. The van der Waals surface area contributed by atoms with Crippen molar-refractivity contribution in [3.63, 3.8) is 0 Å². The summed E-state index contributed by atoms with van der Waals surface area (Å²) in [5.74, 6) is -3.04. The number of amides is 2. The van der Waals surface area contributed by atoms with Gasteiger partial charge in [0.2, 0.25) is 0 Å². The highest BCUT2D eigenvalue weighted by molar-refractivity contribution is 5.77. The molecule has 0 aromatic carbocycles. The van der Waals surface area contributed by atoms with Crippen molar-refractivity contribution < 1.29 is 23.1 Å². The fourth-order valence-corrected chi connectivity index (χ4v) is 2.86. The number of hydrogen-bond acceptors (Lipinski definition) is 4. The summed E-state index contributed by atoms with van der Waals surface area (Å²) in [5, 5.41) is 0. The van der Waals surface area contributed by atoms with Gasteiger partial charge in [0, 0.05) is 31.9 Å². The number of rotatable bonds is 1. The predicted molar refractivity (Wildman–Crippen MR) is 70.6 cm³/mol. The molecule has 2 aliphatic rings. The number of carbonyl (C=O) groups excluding carboxylic acids is 2. The minimum absolute atomic E-state index is 0.0572. The van der Waals surface area contributed by atoms with E-state index in [9.17, 15) is 18.4 Å². The third-order valence-corrected chi connectivity index (χ3v) is 3.83. The molecule has 1 atom stereocenters. The molecule has 9 heteroatoms. The van der Waals surface area contributed by atoms with Crippen molar-refractivity contribution in [2.45, 2.75) is 24.8 Å². The van der Waals surface area contributed by atoms with Crippen molar-refractivity contribution in [3.05, 3.63) is 18.7 Å². The molecule has 0 saturated carbocycles. The second-order valence-corrected chi connectivity index (χ2v) is 5.51. The lowest BCUT2D eigenvalue weighted by atomic mass is 10.0. The van der Waals surface area contributed by atoms with Crippen LogP contribution >= 0.6 is 0 Å². The lowest BCUT2D eigenvalue weighted by molar-refractivity contribution is -0.0835. The van der Waals surface area contributed by atoms with Crippen LogP contribution in [0.2, 0.25) is 0 Å². The topological polar surface area (TPSA) is 67.7 Å². The Balaban J connectivity index is 1.78. The van der Waals surface area contributed by atoms with Crippen molar-refractivity contribution in [2.24, 2.45) is 0 Å². The quantitative estimate of drug-likeness (QED) is 0.786. The van der Waals surface area contributed by atoms with Gasteiger partial charge in [0.05, 0.1) is 19.2 Å². The van der Waals surface area contributed by atoms with Crippen molar-refractivity contribution in [1.29, 1.82) is 0 Å². The standard InChI is InChI=1S/C13H16F2N4O3/c14-13(15)6-10(19-3-1-5-22-12(19)21)7-18(8-13)11(20)17-4-2-16-9-17/h2,4,9-10H,1,3,5-8H2/t10-/m1/s1. The zero-order valence-corrected chi connectivity index (χ0v) is 11.8. The first-order valence-corrected chi connectivity index (χ1v) is 7.05. The Hall–Kier alpha value is -2.19. The number of hydrogen-bond donors (Lipinski definition) is 0. The number of aromatic nitrogens is 2. The normalized spacial score (nSPS) is 25.0. The highest BCUT2D eigenvalue weighted by Crippen LogP contribution is 2.30. The smallest absolute Gasteiger partial charge is 0.410 e. The van der Waals surface area contributed by atoms with E-state index in [4.69, 9.17) is 4.74 Å². The number of halogens is 2. The van der Waals surface area contributed by atoms with Crippen molar-refractivity contribution in [2.75, 3.05) is 26.2 Å². The number of piperidine rings is 1. The Morgan fingerprint density at radius 1 is 1.45 bits per heavy atom. The van der Waals surface area contributed by atoms with Crippen LogP contribution in [0.15, 0.2) is 18.7 Å². The SMILES string of the molecule is O=C1OCCCN1[C@H]1CN(C(=O)n2ccnc2)CC(F)(F)C1. The second-order valence-electron chi connectivity index (χ2n) is 5.51. The van der Waals surface area contributed by atoms with Crippen LogP contribution < -0.4 is 0 Å². The van der Waals surface area contributed by atoms with Gasteiger partial charge in [-0.05, 0) is 6.42 Å². The molecule has 120 valence electrons. The highest BCUT2D eigenvalue weighted by atomic mass is 19.3. The van der Waals surface area contributed by atoms with Crippen LogP contribution in [-0.4, -0.2) is 69.7 Å². The molecule has 1 aromatic heterocycles. The van der Waals surface area contributed by atoms with Crippen LogP contribution in [0.25, 0.3) is 0 Å². The predicted octanol–water partition coefficient (Wildman–Crippen LogP) is 1.40. The van der Waals surface area contributed by atoms with Crippen LogP contribution in [0.1, 0.15) is 12.8 Å². The molecule has 0 unspecified atom stereocenters. The van der Waals surface area contributed by atoms with E-state index in [-0.39, 0.29) is 6.54 Å². The summed E-state index contributed by atoms with van der Waals surface area (Å²) in [6.45, 7) is 0.0634. The molecule has 2 aliphatic heterocycles. The Bertz CT molecular complexity index is 564. The Morgan fingerprint density at radius 2 is 2.27 bits per heavy atom. The van der Waals surface area contributed by atoms with E-state index in [1.54, 1.807) is 0 Å². The molecule has 0 N–H and O–H groups in total. The summed E-state index contributed by atoms with van der Waals surface area (Å²) < 4.78 is 34.0. The second kappa shape index (κ2) is 5.54. The van der Waals surface area contributed by atoms with Crippen LogP contribution in [0.5, 0.6) is 0 Å². The van der Waals surface area contributed by atoms with E-state index in [1.807, 2.05) is 0 Å². The monoisotopic (exact) mass is 314 g/mol. The molecule has 0 bridgehead atoms. The zero-order chi connectivity index (χ0) is 15.7. The van der Waals surface area contributed by atoms with Gasteiger partial charge < -0.3 is 14.5 Å². The van der Waals surface area contributed by atoms with Gasteiger partial charge in [-0.15, -0.1) is 0 Å². The van der Waals surface area contributed by atoms with E-state index < -0.39 is 37.1 Å². The van der Waals surface area contributed by atoms with E-state index in [0.29, 0.717) is 19.6 Å². The summed E-state index contributed by atoms with van der Waals surface area (Å²) in [6.07, 6.45) is 3.61. The maximum absolute atomic E-state index is 14.0. The van der Waals surface area contributed by atoms with E-state index in [0.717, 1.165) is 9.47 Å². The van der Waals surface area contributed by atoms with Crippen molar-refractivity contribution in [3.8, 4) is 0 Å². The van der Waals surface area contributed by atoms with Gasteiger partial charge >= 0.3 is 12.1 Å². The summed E-state index contributed by atoms with van der Waals surface area (Å²) in [4.78, 5) is 30.1. The number of imidazole rings is 1. The van der Waals surface area contributed by atoms with Crippen molar-refractivity contribution >= 4 is 12.1 Å². The van der Waals surface area contributed by atoms with Gasteiger partial charge in [0.25, 0.3) is 5.92 Å². The van der Waals surface area contributed by atoms with Gasteiger partial charge in [0.1, 0.15) is 6.33 Å². The summed E-state index contributed by atoms with van der Waals surface area (Å²) in [7, 11) is 0. The number of carbonyl (C=O) groups is 2. The maximum Gasteiger partial charge on any atom is 0.410 e. The third kappa shape index (κ3) is 2.88. The van der Waals surface area contributed by atoms with Gasteiger partial charge in [-0.3, -0.25) is 4.57 Å². The lowest BCUT2D eigenvalue weighted by Crippen LogP contribution is -2.59. The Labute approximate surface area is 125 Å². The van der Waals surface area contributed by atoms with Gasteiger partial charge in [-0.25, -0.2) is 23.4 Å². The van der Waals surface area contributed by atoms with Crippen LogP contribution in [0, 0.1) is 0 Å². The zero-order valence-electron chi connectivity index (χ0n) is 11.8. The average Bonchev–Trinajstić information content (AvgIpc) is 2.99. The summed E-state index contributed by atoms with van der Waals surface area (Å²) in [6, 6.07) is -1.32. The number of nitrogens with zero attached hydrogens (tertiary/aromatic N) is 4. The number of cyclic esters (lactones) is 1. The van der Waals surface area contributed by atoms with Gasteiger partial charge in [0.15, 0.2) is 0 Å². The minimum atomic E-state index is -3.04. The maximum atomic E-state index is 14.0. The molecule has 3 rings (SSSR count). The van der Waals surface area contributed by atoms with E-state index in [1.165, 1.54) is 23.6 Å². The molecule has 22 heavy (non-hydrogen) atoms. The first-order valence-electron chi connectivity index (χ1n) is 7.05. The first-order chi connectivity index (χ1) is 10.5. The van der Waals surface area contributed by atoms with E-state index >= 15 is 0 Å².